The first-order chi connectivity index (χ1) is 49.1. The third kappa shape index (κ3) is 76.3. The van der Waals surface area contributed by atoms with E-state index in [0.29, 0.717) is 37.5 Å². The summed E-state index contributed by atoms with van der Waals surface area (Å²) in [6.07, 6.45) is 60.1. The molecule has 0 aliphatic carbocycles. The van der Waals surface area contributed by atoms with Crippen molar-refractivity contribution in [3.8, 4) is 0 Å². The lowest BCUT2D eigenvalue weighted by Crippen LogP contribution is -2.30. The molecule has 0 aromatic heterocycles. The van der Waals surface area contributed by atoms with Crippen LogP contribution in [0.5, 0.6) is 0 Å². The normalized spacial score (nSPS) is 14.0. The summed E-state index contributed by atoms with van der Waals surface area (Å²) in [6, 6.07) is 0. The molecule has 3 unspecified atom stereocenters. The molecule has 0 aromatic rings. The van der Waals surface area contributed by atoms with Gasteiger partial charge in [-0.3, -0.25) is 37.3 Å². The molecule has 606 valence electrons. The number of aliphatic hydroxyl groups excluding tert-OH is 1. The summed E-state index contributed by atoms with van der Waals surface area (Å²) in [6.45, 7) is 14.2. The number of phosphoric ester groups is 2. The van der Waals surface area contributed by atoms with E-state index in [1.807, 2.05) is 0 Å². The second-order valence-corrected chi connectivity index (χ2v) is 34.7. The van der Waals surface area contributed by atoms with E-state index in [0.717, 1.165) is 108 Å². The Morgan fingerprint density at radius 1 is 0.245 bits per heavy atom. The number of hydrogen-bond acceptors (Lipinski definition) is 15. The largest absolute Gasteiger partial charge is 0.472 e. The Morgan fingerprint density at radius 2 is 0.412 bits per heavy atom. The molecule has 0 rings (SSSR count). The second-order valence-electron chi connectivity index (χ2n) is 31.8. The van der Waals surface area contributed by atoms with E-state index in [1.165, 1.54) is 225 Å². The number of aliphatic hydroxyl groups is 1. The van der Waals surface area contributed by atoms with Crippen molar-refractivity contribution >= 4 is 39.5 Å². The average Bonchev–Trinajstić information content (AvgIpc) is 0.955. The second kappa shape index (κ2) is 72.0. The Morgan fingerprint density at radius 3 is 0.608 bits per heavy atom. The number of phosphoric acid groups is 2. The van der Waals surface area contributed by atoms with Gasteiger partial charge in [0.25, 0.3) is 0 Å². The minimum absolute atomic E-state index is 0.104. The molecule has 0 saturated carbocycles. The monoisotopic (exact) mass is 1490 g/mol. The van der Waals surface area contributed by atoms with Crippen molar-refractivity contribution in [3.05, 3.63) is 0 Å². The number of ether oxygens (including phenoxy) is 4. The zero-order valence-electron chi connectivity index (χ0n) is 67.2. The summed E-state index contributed by atoms with van der Waals surface area (Å²) in [5.74, 6) is 0.927. The molecule has 0 bridgehead atoms. The number of carbonyl (C=O) groups is 4. The first kappa shape index (κ1) is 100. The summed E-state index contributed by atoms with van der Waals surface area (Å²) < 4.78 is 68.7. The topological polar surface area (TPSA) is 237 Å². The maximum atomic E-state index is 13.1. The van der Waals surface area contributed by atoms with Gasteiger partial charge >= 0.3 is 39.5 Å². The molecule has 0 aromatic carbocycles. The van der Waals surface area contributed by atoms with Crippen molar-refractivity contribution in [1.82, 2.24) is 0 Å². The van der Waals surface area contributed by atoms with Crippen molar-refractivity contribution in [1.29, 1.82) is 0 Å². The van der Waals surface area contributed by atoms with E-state index in [2.05, 4.69) is 55.4 Å². The van der Waals surface area contributed by atoms with Gasteiger partial charge in [0.2, 0.25) is 0 Å². The van der Waals surface area contributed by atoms with Crippen LogP contribution in [-0.2, 0) is 65.4 Å². The predicted molar refractivity (Wildman–Crippen MR) is 418 cm³/mol. The van der Waals surface area contributed by atoms with Crippen LogP contribution in [0.1, 0.15) is 428 Å². The van der Waals surface area contributed by atoms with Crippen LogP contribution < -0.4 is 0 Å². The zero-order valence-corrected chi connectivity index (χ0v) is 69.0. The van der Waals surface area contributed by atoms with Gasteiger partial charge in [-0.15, -0.1) is 0 Å². The third-order valence-corrected chi connectivity index (χ3v) is 21.2. The molecule has 17 nitrogen and oxygen atoms in total. The van der Waals surface area contributed by atoms with Crippen molar-refractivity contribution in [3.63, 3.8) is 0 Å². The van der Waals surface area contributed by atoms with E-state index in [9.17, 15) is 43.2 Å². The van der Waals surface area contributed by atoms with Gasteiger partial charge in [0.1, 0.15) is 19.3 Å². The zero-order chi connectivity index (χ0) is 75.3. The number of carbonyl (C=O) groups excluding carboxylic acids is 4. The third-order valence-electron chi connectivity index (χ3n) is 19.3. The van der Waals surface area contributed by atoms with Gasteiger partial charge in [0.05, 0.1) is 26.4 Å². The summed E-state index contributed by atoms with van der Waals surface area (Å²) in [4.78, 5) is 73.0. The van der Waals surface area contributed by atoms with Gasteiger partial charge in [0, 0.05) is 25.7 Å². The van der Waals surface area contributed by atoms with E-state index >= 15 is 0 Å². The molecule has 19 heteroatoms. The van der Waals surface area contributed by atoms with Crippen LogP contribution in [0.15, 0.2) is 0 Å². The maximum Gasteiger partial charge on any atom is 0.472 e. The van der Waals surface area contributed by atoms with Crippen LogP contribution in [0.2, 0.25) is 0 Å². The Bertz CT molecular complexity index is 1990. The van der Waals surface area contributed by atoms with Crippen molar-refractivity contribution < 1.29 is 80.2 Å². The van der Waals surface area contributed by atoms with E-state index in [-0.39, 0.29) is 25.7 Å². The fourth-order valence-electron chi connectivity index (χ4n) is 12.8. The number of rotatable bonds is 80. The molecule has 0 amide bonds. The van der Waals surface area contributed by atoms with E-state index in [1.54, 1.807) is 0 Å². The molecule has 0 fully saturated rings. The minimum Gasteiger partial charge on any atom is -0.462 e. The highest BCUT2D eigenvalue weighted by atomic mass is 31.2. The van der Waals surface area contributed by atoms with Gasteiger partial charge in [-0.2, -0.15) is 0 Å². The Labute approximate surface area is 626 Å². The molecule has 0 radical (unpaired) electrons. The van der Waals surface area contributed by atoms with Gasteiger partial charge in [-0.1, -0.05) is 376 Å². The Hall–Kier alpha value is -1.94. The first-order valence-corrected chi connectivity index (χ1v) is 45.7. The van der Waals surface area contributed by atoms with Crippen LogP contribution in [0, 0.1) is 23.7 Å². The molecule has 0 aliphatic rings. The molecule has 0 spiro atoms. The van der Waals surface area contributed by atoms with Crippen LogP contribution in [-0.4, -0.2) is 96.7 Å². The van der Waals surface area contributed by atoms with Crippen molar-refractivity contribution in [2.24, 2.45) is 23.7 Å². The molecule has 102 heavy (non-hydrogen) atoms. The van der Waals surface area contributed by atoms with Gasteiger partial charge in [-0.25, -0.2) is 9.13 Å². The molecule has 5 atom stereocenters. The fraction of sp³-hybridized carbons (Fsp3) is 0.952. The van der Waals surface area contributed by atoms with Crippen LogP contribution >= 0.6 is 15.6 Å². The van der Waals surface area contributed by atoms with E-state index in [4.69, 9.17) is 37.0 Å². The molecule has 0 aliphatic heterocycles. The average molecular weight is 1490 g/mol. The predicted octanol–water partition coefficient (Wildman–Crippen LogP) is 24.8. The van der Waals surface area contributed by atoms with Gasteiger partial charge in [-0.05, 0) is 49.4 Å². The lowest BCUT2D eigenvalue weighted by molar-refractivity contribution is -0.161. The quantitative estimate of drug-likeness (QED) is 0.0222. The van der Waals surface area contributed by atoms with Gasteiger partial charge in [0.15, 0.2) is 12.2 Å². The SMILES string of the molecule is CC(C)CCCCCCCCCCCCCCCCCCCCC(=O)OC[C@H](COP(=O)(O)OCC(O)COP(=O)(O)OC[C@@H](COC(=O)CCCCCCCCCC(C)C)OC(=O)CCCCCCCCCCCCCCCCCCCCC(C)C)OC(=O)CCCCCCCCCC(C)C. The standard InChI is InChI=1S/C83H162O17P2/c1-73(2)59-51-43-35-29-25-21-17-13-9-11-15-19-23-27-31-39-47-55-63-80(85)93-69-79(100-83(88)66-58-50-42-34-38-46-54-62-76(7)8)72-98-102(91,92)96-68-77(84)67-95-101(89,90)97-71-78(70-94-81(86)64-56-48-41-33-37-45-53-61-75(5)6)99-82(87)65-57-49-40-32-28-24-20-16-12-10-14-18-22-26-30-36-44-52-60-74(3)4/h73-79,84H,9-72H2,1-8H3,(H,89,90)(H,91,92)/t77?,78-,79-/m1/s1. The summed E-state index contributed by atoms with van der Waals surface area (Å²) in [7, 11) is -9.92. The summed E-state index contributed by atoms with van der Waals surface area (Å²) in [5, 5.41) is 10.6. The smallest absolute Gasteiger partial charge is 0.462 e. The highest BCUT2D eigenvalue weighted by Gasteiger charge is 2.30. The maximum absolute atomic E-state index is 13.1. The van der Waals surface area contributed by atoms with E-state index < -0.39 is 97.5 Å². The minimum atomic E-state index is -4.96. The molecule has 0 heterocycles. The molecule has 3 N–H and O–H groups in total. The van der Waals surface area contributed by atoms with Crippen LogP contribution in [0.3, 0.4) is 0 Å². The highest BCUT2D eigenvalue weighted by molar-refractivity contribution is 7.47. The molecule has 0 saturated heterocycles. The lowest BCUT2D eigenvalue weighted by Gasteiger charge is -2.21. The molecular weight excluding hydrogens is 1330 g/mol. The number of esters is 4. The Balaban J connectivity index is 5.11. The number of unbranched alkanes of at least 4 members (excludes halogenated alkanes) is 46. The summed E-state index contributed by atoms with van der Waals surface area (Å²) >= 11 is 0. The Kier molecular flexibility index (Phi) is 70.6. The number of hydrogen-bond donors (Lipinski definition) is 3. The van der Waals surface area contributed by atoms with Crippen LogP contribution in [0.4, 0.5) is 0 Å². The summed E-state index contributed by atoms with van der Waals surface area (Å²) in [5.41, 5.74) is 0. The van der Waals surface area contributed by atoms with Gasteiger partial charge < -0.3 is 33.8 Å². The molecular formula is C83H162O17P2. The lowest BCUT2D eigenvalue weighted by atomic mass is 10.0. The first-order valence-electron chi connectivity index (χ1n) is 42.7. The van der Waals surface area contributed by atoms with Crippen molar-refractivity contribution in [2.75, 3.05) is 39.6 Å². The van der Waals surface area contributed by atoms with Crippen LogP contribution in [0.25, 0.3) is 0 Å². The van der Waals surface area contributed by atoms with Crippen molar-refractivity contribution in [2.45, 2.75) is 446 Å². The highest BCUT2D eigenvalue weighted by Crippen LogP contribution is 2.45. The fourth-order valence-corrected chi connectivity index (χ4v) is 14.4.